The summed E-state index contributed by atoms with van der Waals surface area (Å²) in [6.07, 6.45) is -0.346. The van der Waals surface area contributed by atoms with Gasteiger partial charge in [0, 0.05) is 6.54 Å². The van der Waals surface area contributed by atoms with Crippen LogP contribution in [0.15, 0.2) is 23.1 Å². The monoisotopic (exact) mass is 288 g/mol. The Morgan fingerprint density at radius 2 is 2.11 bits per heavy atom. The zero-order valence-corrected chi connectivity index (χ0v) is 11.1. The van der Waals surface area contributed by atoms with Crippen LogP contribution in [-0.2, 0) is 10.0 Å². The zero-order valence-electron chi connectivity index (χ0n) is 10.3. The van der Waals surface area contributed by atoms with Gasteiger partial charge in [-0.05, 0) is 31.5 Å². The Hall–Kier alpha value is -1.64. The van der Waals surface area contributed by atoms with Crippen molar-refractivity contribution in [1.29, 1.82) is 0 Å². The Kier molecular flexibility index (Phi) is 4.87. The first-order valence-electron chi connectivity index (χ1n) is 5.54. The van der Waals surface area contributed by atoms with Gasteiger partial charge in [-0.2, -0.15) is 0 Å². The molecule has 1 atom stereocenters. The number of benzene rings is 1. The average molecular weight is 288 g/mol. The SMILES string of the molecule is CC(O)CCNS(=O)(=O)c1ccc(C(=O)O)cc1N. The standard InChI is InChI=1S/C11H16N2O5S/c1-7(14)4-5-13-19(17,18)10-3-2-8(11(15)16)6-9(10)12/h2-3,6-7,13-14H,4-5,12H2,1H3,(H,15,16). The first-order valence-corrected chi connectivity index (χ1v) is 7.03. The smallest absolute Gasteiger partial charge is 0.335 e. The summed E-state index contributed by atoms with van der Waals surface area (Å²) in [7, 11) is -3.81. The number of nitrogens with one attached hydrogen (secondary N) is 1. The van der Waals surface area contributed by atoms with E-state index in [4.69, 9.17) is 15.9 Å². The number of carboxylic acid groups (broad SMARTS) is 1. The maximum Gasteiger partial charge on any atom is 0.335 e. The fourth-order valence-electron chi connectivity index (χ4n) is 1.41. The number of aromatic carboxylic acids is 1. The van der Waals surface area contributed by atoms with Crippen molar-refractivity contribution < 1.29 is 23.4 Å². The van der Waals surface area contributed by atoms with Crippen molar-refractivity contribution in [3.05, 3.63) is 23.8 Å². The summed E-state index contributed by atoms with van der Waals surface area (Å²) in [5.41, 5.74) is 5.33. The quantitative estimate of drug-likeness (QED) is 0.546. The minimum atomic E-state index is -3.81. The third-order valence-electron chi connectivity index (χ3n) is 2.40. The maximum absolute atomic E-state index is 11.9. The molecule has 0 aromatic heterocycles. The lowest BCUT2D eigenvalue weighted by Crippen LogP contribution is -2.27. The normalized spacial score (nSPS) is 13.2. The van der Waals surface area contributed by atoms with Gasteiger partial charge in [-0.3, -0.25) is 0 Å². The van der Waals surface area contributed by atoms with Crippen LogP contribution in [0.4, 0.5) is 5.69 Å². The summed E-state index contributed by atoms with van der Waals surface area (Å²) < 4.78 is 26.1. The molecule has 5 N–H and O–H groups in total. The lowest BCUT2D eigenvalue weighted by atomic mass is 10.2. The second kappa shape index (κ2) is 6.00. The summed E-state index contributed by atoms with van der Waals surface area (Å²) in [5.74, 6) is -1.18. The molecule has 0 amide bonds. The third-order valence-corrected chi connectivity index (χ3v) is 3.94. The molecule has 106 valence electrons. The zero-order chi connectivity index (χ0) is 14.6. The van der Waals surface area contributed by atoms with Gasteiger partial charge in [0.25, 0.3) is 0 Å². The molecule has 7 nitrogen and oxygen atoms in total. The van der Waals surface area contributed by atoms with Crippen molar-refractivity contribution in [2.24, 2.45) is 0 Å². The molecule has 19 heavy (non-hydrogen) atoms. The van der Waals surface area contributed by atoms with E-state index in [-0.39, 0.29) is 29.1 Å². The highest BCUT2D eigenvalue weighted by molar-refractivity contribution is 7.89. The van der Waals surface area contributed by atoms with Gasteiger partial charge in [-0.1, -0.05) is 0 Å². The molecular formula is C11H16N2O5S. The van der Waals surface area contributed by atoms with E-state index in [0.29, 0.717) is 0 Å². The van der Waals surface area contributed by atoms with Gasteiger partial charge in [-0.15, -0.1) is 0 Å². The molecule has 0 spiro atoms. The highest BCUT2D eigenvalue weighted by Gasteiger charge is 2.18. The van der Waals surface area contributed by atoms with Crippen LogP contribution in [0.25, 0.3) is 0 Å². The third kappa shape index (κ3) is 4.19. The van der Waals surface area contributed by atoms with E-state index in [2.05, 4.69) is 4.72 Å². The van der Waals surface area contributed by atoms with Gasteiger partial charge in [-0.25, -0.2) is 17.9 Å². The van der Waals surface area contributed by atoms with Crippen LogP contribution in [0.3, 0.4) is 0 Å². The number of aliphatic hydroxyl groups is 1. The van der Waals surface area contributed by atoms with Crippen molar-refractivity contribution in [3.63, 3.8) is 0 Å². The predicted octanol–water partition coefficient (Wildman–Crippen LogP) is 0.0162. The largest absolute Gasteiger partial charge is 0.478 e. The molecule has 0 saturated carbocycles. The van der Waals surface area contributed by atoms with Gasteiger partial charge < -0.3 is 15.9 Å². The number of nitrogens with two attached hydrogens (primary N) is 1. The first-order chi connectivity index (χ1) is 8.74. The molecule has 1 aromatic carbocycles. The fraction of sp³-hybridized carbons (Fsp3) is 0.364. The Morgan fingerprint density at radius 1 is 1.47 bits per heavy atom. The number of rotatable bonds is 6. The molecule has 1 aromatic rings. The number of hydrogen-bond donors (Lipinski definition) is 4. The van der Waals surface area contributed by atoms with Crippen molar-refractivity contribution >= 4 is 21.7 Å². The van der Waals surface area contributed by atoms with Crippen molar-refractivity contribution in [2.45, 2.75) is 24.3 Å². The van der Waals surface area contributed by atoms with Crippen molar-refractivity contribution in [3.8, 4) is 0 Å². The molecule has 1 unspecified atom stereocenters. The van der Waals surface area contributed by atoms with Crippen molar-refractivity contribution in [1.82, 2.24) is 4.72 Å². The number of nitrogen functional groups attached to an aromatic ring is 1. The molecule has 0 fully saturated rings. The Labute approximate surface area is 111 Å². The second-order valence-corrected chi connectivity index (χ2v) is 5.83. The van der Waals surface area contributed by atoms with E-state index in [1.807, 2.05) is 0 Å². The van der Waals surface area contributed by atoms with Gasteiger partial charge in [0.1, 0.15) is 4.90 Å². The fourth-order valence-corrected chi connectivity index (χ4v) is 2.56. The Balaban J connectivity index is 2.93. The number of anilines is 1. The van der Waals surface area contributed by atoms with E-state index in [9.17, 15) is 13.2 Å². The molecular weight excluding hydrogens is 272 g/mol. The van der Waals surface area contributed by atoms with Crippen LogP contribution in [-0.4, -0.2) is 37.2 Å². The number of sulfonamides is 1. The Bertz CT molecular complexity index is 568. The summed E-state index contributed by atoms with van der Waals surface area (Å²) in [5, 5.41) is 17.8. The van der Waals surface area contributed by atoms with Gasteiger partial charge >= 0.3 is 5.97 Å². The Morgan fingerprint density at radius 3 is 2.58 bits per heavy atom. The van der Waals surface area contributed by atoms with E-state index in [0.717, 1.165) is 12.1 Å². The summed E-state index contributed by atoms with van der Waals surface area (Å²) in [4.78, 5) is 10.5. The lowest BCUT2D eigenvalue weighted by Gasteiger charge is -2.10. The van der Waals surface area contributed by atoms with Crippen LogP contribution in [0.1, 0.15) is 23.7 Å². The van der Waals surface area contributed by atoms with Gasteiger partial charge in [0.2, 0.25) is 10.0 Å². The molecule has 8 heteroatoms. The number of hydrogen-bond acceptors (Lipinski definition) is 5. The predicted molar refractivity (Wildman–Crippen MR) is 69.3 cm³/mol. The number of carbonyl (C=O) groups is 1. The van der Waals surface area contributed by atoms with Crippen LogP contribution in [0.5, 0.6) is 0 Å². The topological polar surface area (TPSA) is 130 Å². The summed E-state index contributed by atoms with van der Waals surface area (Å²) >= 11 is 0. The molecule has 1 rings (SSSR count). The summed E-state index contributed by atoms with van der Waals surface area (Å²) in [6.45, 7) is 1.62. The van der Waals surface area contributed by atoms with Gasteiger partial charge in [0.05, 0.1) is 17.4 Å². The molecule has 0 heterocycles. The van der Waals surface area contributed by atoms with E-state index >= 15 is 0 Å². The molecule has 0 aliphatic heterocycles. The van der Waals surface area contributed by atoms with E-state index in [1.54, 1.807) is 6.92 Å². The van der Waals surface area contributed by atoms with Crippen LogP contribution in [0.2, 0.25) is 0 Å². The number of aliphatic hydroxyl groups excluding tert-OH is 1. The van der Waals surface area contributed by atoms with E-state index in [1.165, 1.54) is 6.07 Å². The molecule has 0 saturated heterocycles. The minimum absolute atomic E-state index is 0.0696. The van der Waals surface area contributed by atoms with Crippen LogP contribution in [0, 0.1) is 0 Å². The van der Waals surface area contributed by atoms with Crippen LogP contribution < -0.4 is 10.5 Å². The first kappa shape index (κ1) is 15.4. The molecule has 0 radical (unpaired) electrons. The maximum atomic E-state index is 11.9. The lowest BCUT2D eigenvalue weighted by molar-refractivity contribution is 0.0696. The van der Waals surface area contributed by atoms with E-state index < -0.39 is 22.1 Å². The molecule has 0 aliphatic rings. The van der Waals surface area contributed by atoms with Gasteiger partial charge in [0.15, 0.2) is 0 Å². The minimum Gasteiger partial charge on any atom is -0.478 e. The molecule has 0 bridgehead atoms. The highest BCUT2D eigenvalue weighted by atomic mass is 32.2. The molecule has 0 aliphatic carbocycles. The average Bonchev–Trinajstić information content (AvgIpc) is 2.27. The highest BCUT2D eigenvalue weighted by Crippen LogP contribution is 2.19. The summed E-state index contributed by atoms with van der Waals surface area (Å²) in [6, 6.07) is 3.40. The number of carboxylic acids is 1. The second-order valence-electron chi connectivity index (χ2n) is 4.09. The van der Waals surface area contributed by atoms with Crippen molar-refractivity contribution in [2.75, 3.05) is 12.3 Å². The van der Waals surface area contributed by atoms with Crippen LogP contribution >= 0.6 is 0 Å².